The molecule has 4 heteroatoms. The summed E-state index contributed by atoms with van der Waals surface area (Å²) < 4.78 is 2.51. The van der Waals surface area contributed by atoms with Gasteiger partial charge >= 0.3 is 0 Å². The van der Waals surface area contributed by atoms with E-state index < -0.39 is 0 Å². The zero-order valence-electron chi connectivity index (χ0n) is 16.8. The van der Waals surface area contributed by atoms with Crippen LogP contribution in [-0.2, 0) is 19.4 Å². The molecule has 1 aliphatic carbocycles. The maximum Gasteiger partial charge on any atom is 0.0532 e. The van der Waals surface area contributed by atoms with Gasteiger partial charge in [0.2, 0.25) is 0 Å². The highest BCUT2D eigenvalue weighted by Crippen LogP contribution is 2.39. The fourth-order valence-corrected chi connectivity index (χ4v) is 5.17. The molecule has 0 bridgehead atoms. The Labute approximate surface area is 171 Å². The number of nitrogens with zero attached hydrogens (tertiary/aromatic N) is 3. The fraction of sp³-hybridized carbons (Fsp3) is 0.375. The van der Waals surface area contributed by atoms with Crippen LogP contribution in [0.2, 0.25) is 5.02 Å². The molecular formula is C24H26ClN3. The van der Waals surface area contributed by atoms with Crippen LogP contribution in [0.1, 0.15) is 48.0 Å². The second-order valence-corrected chi connectivity index (χ2v) is 8.71. The average Bonchev–Trinajstić information content (AvgIpc) is 2.99. The van der Waals surface area contributed by atoms with Crippen molar-refractivity contribution >= 4 is 33.8 Å². The first kappa shape index (κ1) is 18.0. The molecular weight excluding hydrogens is 366 g/mol. The Balaban J connectivity index is 1.78. The molecule has 0 spiro atoms. The Kier molecular flexibility index (Phi) is 4.33. The SMILES string of the molecule is C/C(=C1/CCCc2nc(C)ccc21)n1c2c(c3cc(Cl)ccc31)CN(C)CC2. The zero-order valence-corrected chi connectivity index (χ0v) is 17.6. The Bertz CT molecular complexity index is 1120. The predicted octanol–water partition coefficient (Wildman–Crippen LogP) is 5.71. The molecule has 0 fully saturated rings. The topological polar surface area (TPSA) is 21.1 Å². The van der Waals surface area contributed by atoms with E-state index in [0.29, 0.717) is 0 Å². The largest absolute Gasteiger partial charge is 0.317 e. The summed E-state index contributed by atoms with van der Waals surface area (Å²) in [5, 5.41) is 2.11. The van der Waals surface area contributed by atoms with Crippen LogP contribution in [0, 0.1) is 6.92 Å². The Morgan fingerprint density at radius 3 is 2.82 bits per heavy atom. The first-order chi connectivity index (χ1) is 13.5. The van der Waals surface area contributed by atoms with Crippen LogP contribution in [0.25, 0.3) is 22.2 Å². The number of aryl methyl sites for hydroxylation is 2. The number of fused-ring (bicyclic) bond motifs is 4. The van der Waals surface area contributed by atoms with Crippen LogP contribution in [-0.4, -0.2) is 28.0 Å². The summed E-state index contributed by atoms with van der Waals surface area (Å²) in [6, 6.07) is 10.8. The van der Waals surface area contributed by atoms with Crippen LogP contribution in [0.3, 0.4) is 0 Å². The van der Waals surface area contributed by atoms with Crippen molar-refractivity contribution in [2.24, 2.45) is 0 Å². The maximum atomic E-state index is 6.37. The minimum Gasteiger partial charge on any atom is -0.317 e. The van der Waals surface area contributed by atoms with E-state index in [2.05, 4.69) is 54.6 Å². The van der Waals surface area contributed by atoms with E-state index in [1.54, 1.807) is 0 Å². The van der Waals surface area contributed by atoms with Gasteiger partial charge in [-0.2, -0.15) is 0 Å². The summed E-state index contributed by atoms with van der Waals surface area (Å²) in [7, 11) is 2.20. The quantitative estimate of drug-likeness (QED) is 0.529. The molecule has 0 unspecified atom stereocenters. The van der Waals surface area contributed by atoms with Gasteiger partial charge in [-0.1, -0.05) is 17.7 Å². The third-order valence-electron chi connectivity index (χ3n) is 6.35. The third-order valence-corrected chi connectivity index (χ3v) is 6.59. The number of hydrogen-bond acceptors (Lipinski definition) is 2. The standard InChI is InChI=1S/C24H26ClN3/c1-15-7-9-19-18(5-4-6-22(19)26-15)16(2)28-23-10-8-17(25)13-20(23)21-14-27(3)12-11-24(21)28/h7-10,13H,4-6,11-12,14H2,1-3H3/b18-16+. The van der Waals surface area contributed by atoms with E-state index in [1.807, 2.05) is 6.07 Å². The number of benzene rings is 1. The summed E-state index contributed by atoms with van der Waals surface area (Å²) in [6.45, 7) is 6.45. The van der Waals surface area contributed by atoms with E-state index in [1.165, 1.54) is 51.1 Å². The molecule has 144 valence electrons. The predicted molar refractivity (Wildman–Crippen MR) is 118 cm³/mol. The van der Waals surface area contributed by atoms with Gasteiger partial charge in [0.05, 0.1) is 5.52 Å². The lowest BCUT2D eigenvalue weighted by Crippen LogP contribution is -2.27. The number of pyridine rings is 1. The van der Waals surface area contributed by atoms with E-state index in [9.17, 15) is 0 Å². The molecule has 3 heterocycles. The summed E-state index contributed by atoms with van der Waals surface area (Å²) in [5.74, 6) is 0. The summed E-state index contributed by atoms with van der Waals surface area (Å²) in [6.07, 6.45) is 4.44. The van der Waals surface area contributed by atoms with Crippen molar-refractivity contribution < 1.29 is 0 Å². The monoisotopic (exact) mass is 391 g/mol. The third kappa shape index (κ3) is 2.80. The van der Waals surface area contributed by atoms with Crippen LogP contribution in [0.15, 0.2) is 30.3 Å². The van der Waals surface area contributed by atoms with Gasteiger partial charge in [0, 0.05) is 58.3 Å². The molecule has 0 radical (unpaired) electrons. The highest BCUT2D eigenvalue weighted by Gasteiger charge is 2.25. The van der Waals surface area contributed by atoms with Gasteiger partial charge in [-0.3, -0.25) is 4.98 Å². The summed E-state index contributed by atoms with van der Waals surface area (Å²) in [4.78, 5) is 7.23. The van der Waals surface area contributed by atoms with Gasteiger partial charge in [0.1, 0.15) is 0 Å². The second-order valence-electron chi connectivity index (χ2n) is 8.27. The van der Waals surface area contributed by atoms with Crippen molar-refractivity contribution in [2.45, 2.75) is 46.1 Å². The number of aromatic nitrogens is 2. The van der Waals surface area contributed by atoms with Crippen LogP contribution >= 0.6 is 11.6 Å². The molecule has 0 N–H and O–H groups in total. The van der Waals surface area contributed by atoms with Gasteiger partial charge in [0.15, 0.2) is 0 Å². The number of hydrogen-bond donors (Lipinski definition) is 0. The molecule has 2 aromatic heterocycles. The van der Waals surface area contributed by atoms with E-state index in [0.717, 1.165) is 43.1 Å². The first-order valence-corrected chi connectivity index (χ1v) is 10.6. The molecule has 5 rings (SSSR count). The zero-order chi connectivity index (χ0) is 19.4. The van der Waals surface area contributed by atoms with Crippen molar-refractivity contribution in [3.05, 3.63) is 63.6 Å². The smallest absolute Gasteiger partial charge is 0.0532 e. The average molecular weight is 392 g/mol. The second kappa shape index (κ2) is 6.75. The van der Waals surface area contributed by atoms with E-state index >= 15 is 0 Å². The minimum atomic E-state index is 0.814. The molecule has 2 aliphatic rings. The Morgan fingerprint density at radius 1 is 1.11 bits per heavy atom. The molecule has 1 aromatic carbocycles. The van der Waals surface area contributed by atoms with Crippen molar-refractivity contribution in [3.63, 3.8) is 0 Å². The molecule has 0 amide bonds. The lowest BCUT2D eigenvalue weighted by molar-refractivity contribution is 0.311. The van der Waals surface area contributed by atoms with Crippen molar-refractivity contribution in [3.8, 4) is 0 Å². The van der Waals surface area contributed by atoms with Crippen LogP contribution in [0.4, 0.5) is 0 Å². The molecule has 3 aromatic rings. The van der Waals surface area contributed by atoms with Gasteiger partial charge in [-0.25, -0.2) is 0 Å². The first-order valence-electron chi connectivity index (χ1n) is 10.2. The van der Waals surface area contributed by atoms with Crippen molar-refractivity contribution in [2.75, 3.05) is 13.6 Å². The van der Waals surface area contributed by atoms with Crippen LogP contribution in [0.5, 0.6) is 0 Å². The minimum absolute atomic E-state index is 0.814. The lowest BCUT2D eigenvalue weighted by atomic mass is 9.89. The maximum absolute atomic E-state index is 6.37. The van der Waals surface area contributed by atoms with Gasteiger partial charge in [-0.05, 0) is 75.6 Å². The molecule has 0 atom stereocenters. The van der Waals surface area contributed by atoms with Crippen molar-refractivity contribution in [1.29, 1.82) is 0 Å². The summed E-state index contributed by atoms with van der Waals surface area (Å²) in [5.41, 5.74) is 10.7. The number of allylic oxidation sites excluding steroid dienone is 2. The Morgan fingerprint density at radius 2 is 1.96 bits per heavy atom. The molecule has 1 aliphatic heterocycles. The molecule has 3 nitrogen and oxygen atoms in total. The van der Waals surface area contributed by atoms with Gasteiger partial charge in [-0.15, -0.1) is 0 Å². The number of halogens is 1. The van der Waals surface area contributed by atoms with E-state index in [-0.39, 0.29) is 0 Å². The number of rotatable bonds is 1. The summed E-state index contributed by atoms with van der Waals surface area (Å²) >= 11 is 6.37. The van der Waals surface area contributed by atoms with Crippen LogP contribution < -0.4 is 0 Å². The lowest BCUT2D eigenvalue weighted by Gasteiger charge is -2.26. The highest BCUT2D eigenvalue weighted by atomic mass is 35.5. The normalized spacial score (nSPS) is 18.9. The molecule has 28 heavy (non-hydrogen) atoms. The van der Waals surface area contributed by atoms with Gasteiger partial charge in [0.25, 0.3) is 0 Å². The van der Waals surface area contributed by atoms with Gasteiger partial charge < -0.3 is 9.47 Å². The molecule has 0 saturated heterocycles. The Hall–Kier alpha value is -2.10. The van der Waals surface area contributed by atoms with E-state index in [4.69, 9.17) is 16.6 Å². The highest BCUT2D eigenvalue weighted by molar-refractivity contribution is 6.31. The van der Waals surface area contributed by atoms with Crippen molar-refractivity contribution in [1.82, 2.24) is 14.5 Å². The fourth-order valence-electron chi connectivity index (χ4n) is 5.00. The molecule has 0 saturated carbocycles. The number of likely N-dealkylation sites (N-methyl/N-ethyl adjacent to an activating group) is 1.